The van der Waals surface area contributed by atoms with Crippen molar-refractivity contribution in [3.63, 3.8) is 0 Å². The molecule has 0 aliphatic carbocycles. The first-order valence-corrected chi connectivity index (χ1v) is 7.10. The molecule has 0 atom stereocenters. The van der Waals surface area contributed by atoms with Crippen LogP contribution in [-0.2, 0) is 13.1 Å². The van der Waals surface area contributed by atoms with E-state index < -0.39 is 0 Å². The second kappa shape index (κ2) is 7.33. The van der Waals surface area contributed by atoms with Gasteiger partial charge in [0.05, 0.1) is 6.54 Å². The quantitative estimate of drug-likeness (QED) is 0.692. The van der Waals surface area contributed by atoms with Crippen molar-refractivity contribution < 1.29 is 4.52 Å². The molecule has 0 unspecified atom stereocenters. The van der Waals surface area contributed by atoms with Crippen LogP contribution in [0.4, 0.5) is 0 Å². The molecule has 0 amide bonds. The molecule has 0 fully saturated rings. The summed E-state index contributed by atoms with van der Waals surface area (Å²) < 4.78 is 4.82. The Labute approximate surface area is 133 Å². The van der Waals surface area contributed by atoms with Crippen molar-refractivity contribution in [3.05, 3.63) is 51.8 Å². The maximum absolute atomic E-state index is 6.15. The normalized spacial score (nSPS) is 11.5. The van der Waals surface area contributed by atoms with E-state index in [1.54, 1.807) is 19.4 Å². The Bertz CT molecular complexity index is 613. The smallest absolute Gasteiger partial charge is 0.194 e. The summed E-state index contributed by atoms with van der Waals surface area (Å²) in [6.07, 6.45) is 1.55. The molecule has 5 nitrogen and oxygen atoms in total. The third kappa shape index (κ3) is 4.37. The zero-order valence-corrected chi connectivity index (χ0v) is 13.3. The molecule has 112 valence electrons. The molecule has 0 aliphatic rings. The molecule has 1 aromatic heterocycles. The van der Waals surface area contributed by atoms with Crippen LogP contribution in [0.15, 0.2) is 40.0 Å². The summed E-state index contributed by atoms with van der Waals surface area (Å²) in [6.45, 7) is 1.16. The van der Waals surface area contributed by atoms with E-state index in [1.807, 2.05) is 30.1 Å². The van der Waals surface area contributed by atoms with Crippen molar-refractivity contribution >= 4 is 29.2 Å². The minimum Gasteiger partial charge on any atom is -0.364 e. The minimum atomic E-state index is 0.561. The van der Waals surface area contributed by atoms with Crippen molar-refractivity contribution in [2.24, 2.45) is 4.99 Å². The van der Waals surface area contributed by atoms with Crippen LogP contribution in [0.5, 0.6) is 0 Å². The maximum Gasteiger partial charge on any atom is 0.194 e. The first kappa shape index (κ1) is 15.7. The highest BCUT2D eigenvalue weighted by molar-refractivity contribution is 6.35. The van der Waals surface area contributed by atoms with E-state index in [0.29, 0.717) is 23.1 Å². The summed E-state index contributed by atoms with van der Waals surface area (Å²) in [6, 6.07) is 7.25. The van der Waals surface area contributed by atoms with Gasteiger partial charge in [0.1, 0.15) is 12.0 Å². The summed E-state index contributed by atoms with van der Waals surface area (Å²) in [5.41, 5.74) is 1.79. The third-order valence-electron chi connectivity index (χ3n) is 2.92. The van der Waals surface area contributed by atoms with Crippen LogP contribution >= 0.6 is 23.2 Å². The van der Waals surface area contributed by atoms with E-state index in [2.05, 4.69) is 15.5 Å². The number of benzene rings is 1. The van der Waals surface area contributed by atoms with Crippen molar-refractivity contribution in [2.45, 2.75) is 13.1 Å². The Morgan fingerprint density at radius 2 is 2.19 bits per heavy atom. The van der Waals surface area contributed by atoms with Crippen LogP contribution in [-0.4, -0.2) is 30.1 Å². The summed E-state index contributed by atoms with van der Waals surface area (Å²) in [5.74, 6) is 0.740. The van der Waals surface area contributed by atoms with E-state index in [-0.39, 0.29) is 0 Å². The van der Waals surface area contributed by atoms with E-state index in [4.69, 9.17) is 27.7 Å². The van der Waals surface area contributed by atoms with Gasteiger partial charge in [-0.25, -0.2) is 0 Å². The Morgan fingerprint density at radius 3 is 2.81 bits per heavy atom. The molecule has 1 aromatic carbocycles. The van der Waals surface area contributed by atoms with Gasteiger partial charge in [0, 0.05) is 36.8 Å². The number of hydrogen-bond acceptors (Lipinski definition) is 3. The van der Waals surface area contributed by atoms with Crippen molar-refractivity contribution in [1.29, 1.82) is 0 Å². The van der Waals surface area contributed by atoms with Crippen molar-refractivity contribution in [1.82, 2.24) is 15.4 Å². The molecule has 1 heterocycles. The van der Waals surface area contributed by atoms with Crippen molar-refractivity contribution in [2.75, 3.05) is 14.1 Å². The van der Waals surface area contributed by atoms with Crippen LogP contribution in [0.1, 0.15) is 11.3 Å². The highest BCUT2D eigenvalue weighted by Crippen LogP contribution is 2.20. The van der Waals surface area contributed by atoms with Gasteiger partial charge in [-0.1, -0.05) is 34.4 Å². The summed E-state index contributed by atoms with van der Waals surface area (Å²) in [5, 5.41) is 8.38. The number of hydrogen-bond donors (Lipinski definition) is 1. The summed E-state index contributed by atoms with van der Waals surface area (Å²) in [4.78, 5) is 6.18. The molecule has 0 radical (unpaired) electrons. The van der Waals surface area contributed by atoms with Crippen LogP contribution < -0.4 is 5.32 Å². The Kier molecular flexibility index (Phi) is 5.47. The van der Waals surface area contributed by atoms with Gasteiger partial charge >= 0.3 is 0 Å². The van der Waals surface area contributed by atoms with Gasteiger partial charge < -0.3 is 14.7 Å². The lowest BCUT2D eigenvalue weighted by Gasteiger charge is -2.21. The molecular weight excluding hydrogens is 311 g/mol. The first-order chi connectivity index (χ1) is 10.1. The second-order valence-corrected chi connectivity index (χ2v) is 5.33. The Morgan fingerprint density at radius 1 is 1.38 bits per heavy atom. The first-order valence-electron chi connectivity index (χ1n) is 6.35. The van der Waals surface area contributed by atoms with E-state index in [1.165, 1.54) is 0 Å². The summed E-state index contributed by atoms with van der Waals surface area (Å²) in [7, 11) is 3.65. The molecule has 7 heteroatoms. The Balaban J connectivity index is 1.96. The zero-order chi connectivity index (χ0) is 15.2. The lowest BCUT2D eigenvalue weighted by molar-refractivity contribution is 0.391. The average molecular weight is 327 g/mol. The highest BCUT2D eigenvalue weighted by atomic mass is 35.5. The molecule has 0 aliphatic heterocycles. The predicted molar refractivity (Wildman–Crippen MR) is 84.6 cm³/mol. The second-order valence-electron chi connectivity index (χ2n) is 4.48. The molecule has 0 bridgehead atoms. The fourth-order valence-electron chi connectivity index (χ4n) is 1.86. The van der Waals surface area contributed by atoms with Gasteiger partial charge in [-0.3, -0.25) is 4.99 Å². The lowest BCUT2D eigenvalue weighted by Crippen LogP contribution is -2.38. The standard InChI is InChI=1S/C14H16Cl2N4O/c1-17-14(20(2)9-12-5-6-21-19-12)18-8-10-3-4-11(15)7-13(10)16/h3-7H,8-9H2,1-2H3,(H,17,18). The van der Waals surface area contributed by atoms with Crippen molar-refractivity contribution in [3.8, 4) is 0 Å². The molecule has 2 rings (SSSR count). The molecule has 21 heavy (non-hydrogen) atoms. The maximum atomic E-state index is 6.15. The SMILES string of the molecule is CN=C(NCc1ccc(Cl)cc1Cl)N(C)Cc1ccon1. The molecule has 1 N–H and O–H groups in total. The number of nitrogens with one attached hydrogen (secondary N) is 1. The molecule has 0 saturated carbocycles. The number of rotatable bonds is 4. The lowest BCUT2D eigenvalue weighted by atomic mass is 10.2. The number of nitrogens with zero attached hydrogens (tertiary/aromatic N) is 3. The number of aliphatic imine (C=N–C) groups is 1. The molecule has 0 saturated heterocycles. The van der Waals surface area contributed by atoms with Gasteiger partial charge in [0.25, 0.3) is 0 Å². The largest absolute Gasteiger partial charge is 0.364 e. The zero-order valence-electron chi connectivity index (χ0n) is 11.8. The number of guanidine groups is 1. The monoisotopic (exact) mass is 326 g/mol. The average Bonchev–Trinajstić information content (AvgIpc) is 2.94. The van der Waals surface area contributed by atoms with Gasteiger partial charge in [-0.2, -0.15) is 0 Å². The van der Waals surface area contributed by atoms with Gasteiger partial charge in [0.15, 0.2) is 5.96 Å². The predicted octanol–water partition coefficient (Wildman–Crippen LogP) is 3.19. The molecule has 0 spiro atoms. The Hall–Kier alpha value is -1.72. The molecule has 2 aromatic rings. The fourth-order valence-corrected chi connectivity index (χ4v) is 2.34. The van der Waals surface area contributed by atoms with Crippen LogP contribution in [0, 0.1) is 0 Å². The van der Waals surface area contributed by atoms with Crippen LogP contribution in [0.2, 0.25) is 10.0 Å². The topological polar surface area (TPSA) is 53.7 Å². The van der Waals surface area contributed by atoms with E-state index in [9.17, 15) is 0 Å². The van der Waals surface area contributed by atoms with Crippen LogP contribution in [0.25, 0.3) is 0 Å². The van der Waals surface area contributed by atoms with Gasteiger partial charge in [-0.05, 0) is 17.7 Å². The fraction of sp³-hybridized carbons (Fsp3) is 0.286. The number of aromatic nitrogens is 1. The van der Waals surface area contributed by atoms with Gasteiger partial charge in [0.2, 0.25) is 0 Å². The number of halogens is 2. The van der Waals surface area contributed by atoms with E-state index >= 15 is 0 Å². The van der Waals surface area contributed by atoms with E-state index in [0.717, 1.165) is 17.2 Å². The van der Waals surface area contributed by atoms with Gasteiger partial charge in [-0.15, -0.1) is 0 Å². The van der Waals surface area contributed by atoms with Crippen LogP contribution in [0.3, 0.4) is 0 Å². The third-order valence-corrected chi connectivity index (χ3v) is 3.50. The minimum absolute atomic E-state index is 0.561. The highest BCUT2D eigenvalue weighted by Gasteiger charge is 2.09. The molecular formula is C14H16Cl2N4O. The summed E-state index contributed by atoms with van der Waals surface area (Å²) >= 11 is 12.0.